The Kier molecular flexibility index (Phi) is 2.14. The SMILES string of the molecule is C=C1CC2CC[C@@]1(CS(C)(=O)=O)C2(C)C. The van der Waals surface area contributed by atoms with Crippen LogP contribution in [0, 0.1) is 16.7 Å². The zero-order valence-corrected chi connectivity index (χ0v) is 10.7. The first kappa shape index (κ1) is 11.2. The monoisotopic (exact) mass is 228 g/mol. The van der Waals surface area contributed by atoms with Crippen LogP contribution in [0.15, 0.2) is 12.2 Å². The summed E-state index contributed by atoms with van der Waals surface area (Å²) in [5.74, 6) is 0.939. The van der Waals surface area contributed by atoms with E-state index in [1.807, 2.05) is 0 Å². The van der Waals surface area contributed by atoms with Crippen molar-refractivity contribution in [3.05, 3.63) is 12.2 Å². The summed E-state index contributed by atoms with van der Waals surface area (Å²) in [6.07, 6.45) is 4.55. The van der Waals surface area contributed by atoms with Gasteiger partial charge >= 0.3 is 0 Å². The summed E-state index contributed by atoms with van der Waals surface area (Å²) in [5, 5.41) is 0. The number of hydrogen-bond acceptors (Lipinski definition) is 2. The smallest absolute Gasteiger partial charge is 0.148 e. The Balaban J connectivity index is 2.45. The molecule has 0 radical (unpaired) electrons. The molecule has 2 bridgehead atoms. The molecule has 2 atom stereocenters. The number of allylic oxidation sites excluding steroid dienone is 1. The summed E-state index contributed by atoms with van der Waals surface area (Å²) in [4.78, 5) is 0. The molecular weight excluding hydrogens is 208 g/mol. The molecule has 1 unspecified atom stereocenters. The lowest BCUT2D eigenvalue weighted by molar-refractivity contribution is 0.182. The van der Waals surface area contributed by atoms with Gasteiger partial charge in [0.1, 0.15) is 9.84 Å². The van der Waals surface area contributed by atoms with Crippen molar-refractivity contribution in [2.45, 2.75) is 33.1 Å². The quantitative estimate of drug-likeness (QED) is 0.680. The van der Waals surface area contributed by atoms with Gasteiger partial charge in [0.25, 0.3) is 0 Å². The van der Waals surface area contributed by atoms with Crippen LogP contribution in [0.1, 0.15) is 33.1 Å². The second kappa shape index (κ2) is 2.88. The topological polar surface area (TPSA) is 34.1 Å². The average Bonchev–Trinajstić information content (AvgIpc) is 2.34. The van der Waals surface area contributed by atoms with Crippen molar-refractivity contribution in [1.29, 1.82) is 0 Å². The van der Waals surface area contributed by atoms with Gasteiger partial charge in [-0.2, -0.15) is 0 Å². The lowest BCUT2D eigenvalue weighted by Crippen LogP contribution is -2.37. The van der Waals surface area contributed by atoms with Crippen molar-refractivity contribution < 1.29 is 8.42 Å². The van der Waals surface area contributed by atoms with Crippen LogP contribution in [-0.2, 0) is 9.84 Å². The van der Waals surface area contributed by atoms with Crippen molar-refractivity contribution in [1.82, 2.24) is 0 Å². The van der Waals surface area contributed by atoms with Crippen LogP contribution >= 0.6 is 0 Å². The third kappa shape index (κ3) is 1.39. The van der Waals surface area contributed by atoms with Gasteiger partial charge in [-0.3, -0.25) is 0 Å². The maximum absolute atomic E-state index is 11.6. The predicted octanol–water partition coefficient (Wildman–Crippen LogP) is 2.41. The zero-order chi connectivity index (χ0) is 11.5. The minimum Gasteiger partial charge on any atom is -0.229 e. The van der Waals surface area contributed by atoms with Crippen molar-refractivity contribution in [2.75, 3.05) is 12.0 Å². The van der Waals surface area contributed by atoms with Gasteiger partial charge in [0.15, 0.2) is 0 Å². The van der Waals surface area contributed by atoms with Gasteiger partial charge < -0.3 is 0 Å². The second-order valence-electron chi connectivity index (χ2n) is 5.92. The molecule has 86 valence electrons. The first-order chi connectivity index (χ1) is 6.69. The molecule has 2 fully saturated rings. The van der Waals surface area contributed by atoms with E-state index in [2.05, 4.69) is 20.4 Å². The Bertz CT molecular complexity index is 405. The summed E-state index contributed by atoms with van der Waals surface area (Å²) in [6, 6.07) is 0. The van der Waals surface area contributed by atoms with E-state index in [9.17, 15) is 8.42 Å². The van der Waals surface area contributed by atoms with Gasteiger partial charge in [0, 0.05) is 11.7 Å². The Morgan fingerprint density at radius 2 is 2.07 bits per heavy atom. The minimum absolute atomic E-state index is 0.118. The molecule has 2 saturated carbocycles. The van der Waals surface area contributed by atoms with E-state index in [1.165, 1.54) is 18.2 Å². The molecule has 3 heteroatoms. The molecule has 0 aromatic carbocycles. The summed E-state index contributed by atoms with van der Waals surface area (Å²) >= 11 is 0. The van der Waals surface area contributed by atoms with E-state index >= 15 is 0 Å². The fraction of sp³-hybridized carbons (Fsp3) is 0.833. The van der Waals surface area contributed by atoms with Gasteiger partial charge in [-0.1, -0.05) is 26.0 Å². The Morgan fingerprint density at radius 3 is 2.40 bits per heavy atom. The highest BCUT2D eigenvalue weighted by Gasteiger charge is 2.61. The summed E-state index contributed by atoms with van der Waals surface area (Å²) < 4.78 is 23.1. The Morgan fingerprint density at radius 1 is 1.47 bits per heavy atom. The number of sulfone groups is 1. The van der Waals surface area contributed by atoms with Crippen LogP contribution < -0.4 is 0 Å². The molecule has 0 aromatic heterocycles. The van der Waals surface area contributed by atoms with Gasteiger partial charge in [-0.15, -0.1) is 0 Å². The normalized spacial score (nSPS) is 38.6. The number of fused-ring (bicyclic) bond motifs is 2. The fourth-order valence-corrected chi connectivity index (χ4v) is 5.40. The van der Waals surface area contributed by atoms with E-state index in [0.29, 0.717) is 11.7 Å². The summed E-state index contributed by atoms with van der Waals surface area (Å²) in [5.41, 5.74) is 1.16. The molecule has 0 saturated heterocycles. The molecule has 0 heterocycles. The van der Waals surface area contributed by atoms with E-state index < -0.39 is 9.84 Å². The second-order valence-corrected chi connectivity index (χ2v) is 8.06. The van der Waals surface area contributed by atoms with Crippen molar-refractivity contribution in [3.63, 3.8) is 0 Å². The molecule has 2 rings (SSSR count). The van der Waals surface area contributed by atoms with Crippen LogP contribution in [0.4, 0.5) is 0 Å². The van der Waals surface area contributed by atoms with E-state index in [4.69, 9.17) is 0 Å². The van der Waals surface area contributed by atoms with Gasteiger partial charge in [0.05, 0.1) is 5.75 Å². The summed E-state index contributed by atoms with van der Waals surface area (Å²) in [6.45, 7) is 8.56. The number of rotatable bonds is 2. The molecule has 0 spiro atoms. The molecular formula is C12H20O2S. The van der Waals surface area contributed by atoms with E-state index in [0.717, 1.165) is 12.8 Å². The molecule has 2 nitrogen and oxygen atoms in total. The van der Waals surface area contributed by atoms with Crippen LogP contribution in [-0.4, -0.2) is 20.4 Å². The van der Waals surface area contributed by atoms with Crippen molar-refractivity contribution in [2.24, 2.45) is 16.7 Å². The highest BCUT2D eigenvalue weighted by molar-refractivity contribution is 7.90. The highest BCUT2D eigenvalue weighted by Crippen LogP contribution is 2.68. The molecule has 2 aliphatic rings. The van der Waals surface area contributed by atoms with Gasteiger partial charge in [-0.25, -0.2) is 8.42 Å². The standard InChI is InChI=1S/C12H20O2S/c1-9-7-10-5-6-12(9,11(10,2)3)8-15(4,13)14/h10H,1,5-8H2,2-4H3/t10?,12-/m0/s1. The van der Waals surface area contributed by atoms with E-state index in [-0.39, 0.29) is 10.8 Å². The van der Waals surface area contributed by atoms with Crippen LogP contribution in [0.25, 0.3) is 0 Å². The van der Waals surface area contributed by atoms with Gasteiger partial charge in [0.2, 0.25) is 0 Å². The Labute approximate surface area is 92.7 Å². The molecule has 0 aliphatic heterocycles. The van der Waals surface area contributed by atoms with Crippen LogP contribution in [0.2, 0.25) is 0 Å². The van der Waals surface area contributed by atoms with Crippen LogP contribution in [0.5, 0.6) is 0 Å². The average molecular weight is 228 g/mol. The fourth-order valence-electron chi connectivity index (χ4n) is 3.78. The maximum atomic E-state index is 11.6. The molecule has 0 N–H and O–H groups in total. The minimum atomic E-state index is -2.92. The zero-order valence-electron chi connectivity index (χ0n) is 9.84. The predicted molar refractivity (Wildman–Crippen MR) is 62.4 cm³/mol. The molecule has 0 aromatic rings. The third-order valence-electron chi connectivity index (χ3n) is 4.85. The molecule has 2 aliphatic carbocycles. The lowest BCUT2D eigenvalue weighted by atomic mass is 9.69. The summed E-state index contributed by atoms with van der Waals surface area (Å²) in [7, 11) is -2.92. The van der Waals surface area contributed by atoms with Crippen molar-refractivity contribution in [3.8, 4) is 0 Å². The van der Waals surface area contributed by atoms with Gasteiger partial charge in [-0.05, 0) is 30.6 Å². The Hall–Kier alpha value is -0.310. The highest BCUT2D eigenvalue weighted by atomic mass is 32.2. The van der Waals surface area contributed by atoms with E-state index in [1.54, 1.807) is 0 Å². The molecule has 15 heavy (non-hydrogen) atoms. The first-order valence-corrected chi connectivity index (χ1v) is 7.61. The largest absolute Gasteiger partial charge is 0.229 e. The molecule has 0 amide bonds. The first-order valence-electron chi connectivity index (χ1n) is 5.55. The third-order valence-corrected chi connectivity index (χ3v) is 5.87. The van der Waals surface area contributed by atoms with Crippen molar-refractivity contribution >= 4 is 9.84 Å². The maximum Gasteiger partial charge on any atom is 0.148 e. The van der Waals surface area contributed by atoms with Crippen LogP contribution in [0.3, 0.4) is 0 Å². The number of hydrogen-bond donors (Lipinski definition) is 0. The lowest BCUT2D eigenvalue weighted by Gasteiger charge is -2.38.